The third-order valence-electron chi connectivity index (χ3n) is 4.40. The van der Waals surface area contributed by atoms with Crippen molar-refractivity contribution in [3.63, 3.8) is 0 Å². The summed E-state index contributed by atoms with van der Waals surface area (Å²) in [7, 11) is 3.19. The maximum absolute atomic E-state index is 13.3. The van der Waals surface area contributed by atoms with Crippen molar-refractivity contribution in [3.8, 4) is 11.4 Å². The molecule has 1 aliphatic rings. The minimum Gasteiger partial charge on any atom is -0.455 e. The second-order valence-electron chi connectivity index (χ2n) is 6.80. The lowest BCUT2D eigenvalue weighted by Gasteiger charge is -2.15. The summed E-state index contributed by atoms with van der Waals surface area (Å²) >= 11 is 1.18. The molecular weight excluding hydrogens is 399 g/mol. The molecule has 1 aromatic carbocycles. The number of esters is 1. The van der Waals surface area contributed by atoms with Crippen molar-refractivity contribution in [2.24, 2.45) is 0 Å². The van der Waals surface area contributed by atoms with Crippen LogP contribution in [-0.2, 0) is 25.6 Å². The van der Waals surface area contributed by atoms with Crippen LogP contribution in [0.25, 0.3) is 11.4 Å². The van der Waals surface area contributed by atoms with E-state index in [2.05, 4.69) is 10.2 Å². The van der Waals surface area contributed by atoms with Gasteiger partial charge in [0.2, 0.25) is 0 Å². The lowest BCUT2D eigenvalue weighted by atomic mass is 10.2. The molecule has 8 nitrogen and oxygen atoms in total. The first kappa shape index (κ1) is 21.3. The Kier molecular flexibility index (Phi) is 7.21. The Bertz CT molecular complexity index is 850. The maximum Gasteiger partial charge on any atom is 0.316 e. The fourth-order valence-corrected chi connectivity index (χ4v) is 3.55. The van der Waals surface area contributed by atoms with Gasteiger partial charge in [0.1, 0.15) is 5.82 Å². The molecule has 0 unspecified atom stereocenters. The average Bonchev–Trinajstić information content (AvgIpc) is 3.35. The predicted molar refractivity (Wildman–Crippen MR) is 105 cm³/mol. The minimum atomic E-state index is -0.514. The van der Waals surface area contributed by atoms with Gasteiger partial charge in [-0.3, -0.25) is 14.2 Å². The van der Waals surface area contributed by atoms with Gasteiger partial charge in [0.25, 0.3) is 5.91 Å². The number of carbonyl (C=O) groups excluding carboxylic acids is 2. The summed E-state index contributed by atoms with van der Waals surface area (Å²) in [6.45, 7) is 0.958. The van der Waals surface area contributed by atoms with E-state index in [1.54, 1.807) is 26.2 Å². The largest absolute Gasteiger partial charge is 0.455 e. The maximum atomic E-state index is 13.3. The zero-order valence-corrected chi connectivity index (χ0v) is 17.2. The Balaban J connectivity index is 1.71. The van der Waals surface area contributed by atoms with Gasteiger partial charge in [0.15, 0.2) is 17.6 Å². The van der Waals surface area contributed by atoms with E-state index in [9.17, 15) is 14.0 Å². The highest BCUT2D eigenvalue weighted by atomic mass is 32.2. The highest BCUT2D eigenvalue weighted by Gasteiger charge is 2.22. The first-order chi connectivity index (χ1) is 13.9. The molecular formula is C19H23FN4O4S. The summed E-state index contributed by atoms with van der Waals surface area (Å²) in [6.07, 6.45) is 1.96. The van der Waals surface area contributed by atoms with Crippen molar-refractivity contribution in [1.82, 2.24) is 19.7 Å². The summed E-state index contributed by atoms with van der Waals surface area (Å²) in [5, 5.41) is 8.97. The quantitative estimate of drug-likeness (QED) is 0.475. The van der Waals surface area contributed by atoms with Crippen molar-refractivity contribution < 1.29 is 23.5 Å². The number of benzene rings is 1. The molecule has 1 aliphatic heterocycles. The van der Waals surface area contributed by atoms with Gasteiger partial charge in [0.05, 0.1) is 18.4 Å². The van der Waals surface area contributed by atoms with Crippen LogP contribution < -0.4 is 0 Å². The first-order valence-electron chi connectivity index (χ1n) is 9.23. The standard InChI is InChI=1S/C19H23FN4O4S/c1-23(2)16(25)11-28-17(26)12-29-19-22-21-18(13-5-7-14(20)8-6-13)24(19)10-15-4-3-9-27-15/h5-8,15H,3-4,9-12H2,1-2H3/t15-/m0/s1. The van der Waals surface area contributed by atoms with Crippen molar-refractivity contribution >= 4 is 23.6 Å². The second kappa shape index (κ2) is 9.84. The van der Waals surface area contributed by atoms with E-state index < -0.39 is 5.97 Å². The zero-order valence-electron chi connectivity index (χ0n) is 16.3. The number of hydrogen-bond acceptors (Lipinski definition) is 7. The van der Waals surface area contributed by atoms with Gasteiger partial charge in [-0.05, 0) is 37.1 Å². The number of amides is 1. The van der Waals surface area contributed by atoms with E-state index in [4.69, 9.17) is 9.47 Å². The van der Waals surface area contributed by atoms with Gasteiger partial charge in [-0.1, -0.05) is 11.8 Å². The Labute approximate surface area is 172 Å². The number of carbonyl (C=O) groups is 2. The molecule has 1 aromatic heterocycles. The number of rotatable bonds is 8. The highest BCUT2D eigenvalue weighted by molar-refractivity contribution is 7.99. The van der Waals surface area contributed by atoms with E-state index in [-0.39, 0.29) is 30.2 Å². The van der Waals surface area contributed by atoms with Crippen LogP contribution in [0.4, 0.5) is 4.39 Å². The molecule has 156 valence electrons. The van der Waals surface area contributed by atoms with Crippen molar-refractivity contribution in [2.45, 2.75) is 30.6 Å². The minimum absolute atomic E-state index is 0.00617. The molecule has 2 aromatic rings. The molecule has 29 heavy (non-hydrogen) atoms. The Hall–Kier alpha value is -2.46. The normalized spacial score (nSPS) is 16.0. The number of ether oxygens (including phenoxy) is 2. The molecule has 1 fully saturated rings. The highest BCUT2D eigenvalue weighted by Crippen LogP contribution is 2.26. The SMILES string of the molecule is CN(C)C(=O)COC(=O)CSc1nnc(-c2ccc(F)cc2)n1C[C@@H]1CCCO1. The van der Waals surface area contributed by atoms with Gasteiger partial charge in [0, 0.05) is 26.3 Å². The van der Waals surface area contributed by atoms with Crippen LogP contribution in [-0.4, -0.2) is 70.7 Å². The van der Waals surface area contributed by atoms with Crippen molar-refractivity contribution in [3.05, 3.63) is 30.1 Å². The van der Waals surface area contributed by atoms with E-state index in [1.807, 2.05) is 4.57 Å². The third-order valence-corrected chi connectivity index (χ3v) is 5.34. The van der Waals surface area contributed by atoms with E-state index in [1.165, 1.54) is 28.8 Å². The monoisotopic (exact) mass is 422 g/mol. The van der Waals surface area contributed by atoms with E-state index in [0.717, 1.165) is 18.4 Å². The van der Waals surface area contributed by atoms with Crippen molar-refractivity contribution in [2.75, 3.05) is 33.1 Å². The number of aromatic nitrogens is 3. The van der Waals surface area contributed by atoms with Crippen LogP contribution >= 0.6 is 11.8 Å². The molecule has 0 aliphatic carbocycles. The fourth-order valence-electron chi connectivity index (χ4n) is 2.80. The lowest BCUT2D eigenvalue weighted by Crippen LogP contribution is -2.28. The van der Waals surface area contributed by atoms with Crippen LogP contribution in [0.3, 0.4) is 0 Å². The Morgan fingerprint density at radius 3 is 2.72 bits per heavy atom. The summed E-state index contributed by atoms with van der Waals surface area (Å²) < 4.78 is 25.9. The topological polar surface area (TPSA) is 86.5 Å². The van der Waals surface area contributed by atoms with Crippen LogP contribution in [0.15, 0.2) is 29.4 Å². The molecule has 2 heterocycles. The lowest BCUT2D eigenvalue weighted by molar-refractivity contribution is -0.148. The molecule has 0 radical (unpaired) electrons. The number of likely N-dealkylation sites (N-methyl/N-ethyl adjacent to an activating group) is 1. The average molecular weight is 422 g/mol. The number of hydrogen-bond donors (Lipinski definition) is 0. The fraction of sp³-hybridized carbons (Fsp3) is 0.474. The van der Waals surface area contributed by atoms with Crippen LogP contribution in [0.1, 0.15) is 12.8 Å². The van der Waals surface area contributed by atoms with Crippen LogP contribution in [0.5, 0.6) is 0 Å². The first-order valence-corrected chi connectivity index (χ1v) is 10.2. The number of halogens is 1. The molecule has 1 amide bonds. The van der Waals surface area contributed by atoms with Gasteiger partial charge in [-0.15, -0.1) is 10.2 Å². The van der Waals surface area contributed by atoms with E-state index >= 15 is 0 Å². The van der Waals surface area contributed by atoms with Crippen LogP contribution in [0, 0.1) is 5.82 Å². The molecule has 0 N–H and O–H groups in total. The smallest absolute Gasteiger partial charge is 0.316 e. The zero-order chi connectivity index (χ0) is 20.8. The van der Waals surface area contributed by atoms with Gasteiger partial charge in [-0.2, -0.15) is 0 Å². The molecule has 3 rings (SSSR count). The van der Waals surface area contributed by atoms with Crippen LogP contribution in [0.2, 0.25) is 0 Å². The Morgan fingerprint density at radius 1 is 1.31 bits per heavy atom. The molecule has 1 saturated heterocycles. The van der Waals surface area contributed by atoms with Gasteiger partial charge >= 0.3 is 5.97 Å². The summed E-state index contributed by atoms with van der Waals surface area (Å²) in [5.41, 5.74) is 0.725. The van der Waals surface area contributed by atoms with Gasteiger partial charge in [-0.25, -0.2) is 4.39 Å². The molecule has 1 atom stereocenters. The molecule has 0 spiro atoms. The van der Waals surface area contributed by atoms with E-state index in [0.29, 0.717) is 24.1 Å². The molecule has 10 heteroatoms. The predicted octanol–water partition coefficient (Wildman–Crippen LogP) is 1.99. The Morgan fingerprint density at radius 2 is 2.07 bits per heavy atom. The van der Waals surface area contributed by atoms with Gasteiger partial charge < -0.3 is 14.4 Å². The number of nitrogens with zero attached hydrogens (tertiary/aromatic N) is 4. The summed E-state index contributed by atoms with van der Waals surface area (Å²) in [4.78, 5) is 24.9. The summed E-state index contributed by atoms with van der Waals surface area (Å²) in [6, 6.07) is 6.01. The summed E-state index contributed by atoms with van der Waals surface area (Å²) in [5.74, 6) is -0.556. The number of thioether (sulfide) groups is 1. The van der Waals surface area contributed by atoms with Crippen molar-refractivity contribution in [1.29, 1.82) is 0 Å². The molecule has 0 bridgehead atoms. The molecule has 0 saturated carbocycles. The third kappa shape index (κ3) is 5.77. The second-order valence-corrected chi connectivity index (χ2v) is 7.74.